The third-order valence-corrected chi connectivity index (χ3v) is 4.60. The summed E-state index contributed by atoms with van der Waals surface area (Å²) in [6.07, 6.45) is 0. The van der Waals surface area contributed by atoms with Crippen molar-refractivity contribution in [3.8, 4) is 0 Å². The van der Waals surface area contributed by atoms with Gasteiger partial charge in [0.25, 0.3) is 0 Å². The van der Waals surface area contributed by atoms with Crippen LogP contribution in [0, 0.1) is 0 Å². The summed E-state index contributed by atoms with van der Waals surface area (Å²) in [5.41, 5.74) is 7.10. The molecule has 0 aliphatic heterocycles. The topological polar surface area (TPSA) is 77.2 Å². The van der Waals surface area contributed by atoms with Gasteiger partial charge in [-0.3, -0.25) is 14.4 Å². The Morgan fingerprint density at radius 2 is 1.64 bits per heavy atom. The smallest absolute Gasteiger partial charge is 0.249 e. The van der Waals surface area contributed by atoms with E-state index in [1.54, 1.807) is 24.3 Å². The summed E-state index contributed by atoms with van der Waals surface area (Å²) >= 11 is 1.35. The molecule has 0 fully saturated rings. The van der Waals surface area contributed by atoms with E-state index in [0.717, 1.165) is 0 Å². The number of thioether (sulfide) groups is 1. The monoisotopic (exact) mass is 311 g/mol. The van der Waals surface area contributed by atoms with Crippen LogP contribution in [0.5, 0.6) is 0 Å². The van der Waals surface area contributed by atoms with Crippen LogP contribution < -0.4 is 5.73 Å². The largest absolute Gasteiger partial charge is 0.366 e. The lowest BCUT2D eigenvalue weighted by Crippen LogP contribution is -2.24. The van der Waals surface area contributed by atoms with Crippen LogP contribution in [0.2, 0.25) is 0 Å². The van der Waals surface area contributed by atoms with Gasteiger partial charge >= 0.3 is 0 Å². The number of carbonyl (C=O) groups is 3. The van der Waals surface area contributed by atoms with E-state index in [2.05, 4.69) is 0 Å². The molecule has 5 heteroatoms. The minimum atomic E-state index is -0.599. The lowest BCUT2D eigenvalue weighted by Gasteiger charge is -2.21. The van der Waals surface area contributed by atoms with E-state index in [0.29, 0.717) is 32.9 Å². The molecule has 0 bridgehead atoms. The Labute approximate surface area is 131 Å². The molecule has 110 valence electrons. The summed E-state index contributed by atoms with van der Waals surface area (Å²) in [6, 6.07) is 9.78. The van der Waals surface area contributed by atoms with Crippen LogP contribution >= 0.6 is 11.8 Å². The highest BCUT2D eigenvalue weighted by molar-refractivity contribution is 7.99. The number of amides is 1. The maximum Gasteiger partial charge on any atom is 0.249 e. The van der Waals surface area contributed by atoms with E-state index in [-0.39, 0.29) is 17.1 Å². The Morgan fingerprint density at radius 1 is 1.00 bits per heavy atom. The number of benzene rings is 2. The van der Waals surface area contributed by atoms with Crippen molar-refractivity contribution in [2.45, 2.75) is 11.8 Å². The molecule has 2 aromatic carbocycles. The van der Waals surface area contributed by atoms with Crippen molar-refractivity contribution in [3.05, 3.63) is 64.2 Å². The molecule has 0 heterocycles. The van der Waals surface area contributed by atoms with Gasteiger partial charge in [-0.15, -0.1) is 11.8 Å². The lowest BCUT2D eigenvalue weighted by molar-refractivity contribution is 0.0973. The van der Waals surface area contributed by atoms with Crippen LogP contribution in [0.25, 0.3) is 0 Å². The predicted molar refractivity (Wildman–Crippen MR) is 84.7 cm³/mol. The normalized spacial score (nSPS) is 12.8. The highest BCUT2D eigenvalue weighted by atomic mass is 32.2. The van der Waals surface area contributed by atoms with Gasteiger partial charge in [0.15, 0.2) is 11.6 Å². The minimum absolute atomic E-state index is 0.195. The molecule has 1 aliphatic carbocycles. The van der Waals surface area contributed by atoms with E-state index in [1.165, 1.54) is 23.9 Å². The van der Waals surface area contributed by atoms with Gasteiger partial charge in [-0.05, 0) is 17.9 Å². The van der Waals surface area contributed by atoms with Crippen LogP contribution in [0.15, 0.2) is 41.3 Å². The molecule has 0 atom stereocenters. The zero-order valence-electron chi connectivity index (χ0n) is 11.9. The van der Waals surface area contributed by atoms with Gasteiger partial charge in [-0.25, -0.2) is 0 Å². The Balaban J connectivity index is 2.33. The first-order chi connectivity index (χ1) is 10.6. The van der Waals surface area contributed by atoms with E-state index >= 15 is 0 Å². The molecule has 22 heavy (non-hydrogen) atoms. The molecule has 0 radical (unpaired) electrons. The molecular weight excluding hydrogens is 298 g/mol. The van der Waals surface area contributed by atoms with Crippen molar-refractivity contribution < 1.29 is 14.4 Å². The summed E-state index contributed by atoms with van der Waals surface area (Å²) in [6.45, 7) is 1.91. The van der Waals surface area contributed by atoms with E-state index < -0.39 is 5.91 Å². The quantitative estimate of drug-likeness (QED) is 0.754. The van der Waals surface area contributed by atoms with Gasteiger partial charge in [0.1, 0.15) is 0 Å². The van der Waals surface area contributed by atoms with Crippen molar-refractivity contribution in [1.82, 2.24) is 0 Å². The third-order valence-electron chi connectivity index (χ3n) is 3.60. The molecular formula is C17H13NO3S. The predicted octanol–water partition coefficient (Wildman–Crippen LogP) is 2.67. The van der Waals surface area contributed by atoms with E-state index in [4.69, 9.17) is 5.73 Å². The van der Waals surface area contributed by atoms with Gasteiger partial charge < -0.3 is 5.73 Å². The number of carbonyl (C=O) groups excluding carboxylic acids is 3. The first-order valence-electron chi connectivity index (χ1n) is 6.84. The number of ketones is 2. The Morgan fingerprint density at radius 3 is 2.23 bits per heavy atom. The van der Waals surface area contributed by atoms with Crippen LogP contribution in [0.1, 0.15) is 49.1 Å². The second-order valence-corrected chi connectivity index (χ2v) is 6.14. The summed E-state index contributed by atoms with van der Waals surface area (Å²) in [5.74, 6) is -0.360. The number of fused-ring (bicyclic) bond motifs is 2. The van der Waals surface area contributed by atoms with Gasteiger partial charge in [-0.1, -0.05) is 31.2 Å². The van der Waals surface area contributed by atoms with Crippen molar-refractivity contribution in [3.63, 3.8) is 0 Å². The zero-order chi connectivity index (χ0) is 15.9. The fourth-order valence-corrected chi connectivity index (χ4v) is 3.60. The number of primary amides is 1. The van der Waals surface area contributed by atoms with Crippen LogP contribution in [-0.2, 0) is 0 Å². The minimum Gasteiger partial charge on any atom is -0.366 e. The lowest BCUT2D eigenvalue weighted by atomic mass is 9.83. The Kier molecular flexibility index (Phi) is 3.58. The maximum absolute atomic E-state index is 12.8. The molecule has 0 saturated carbocycles. The molecule has 4 nitrogen and oxygen atoms in total. The first-order valence-corrected chi connectivity index (χ1v) is 7.82. The van der Waals surface area contributed by atoms with Crippen LogP contribution in [0.4, 0.5) is 0 Å². The van der Waals surface area contributed by atoms with Crippen molar-refractivity contribution >= 4 is 29.2 Å². The summed E-state index contributed by atoms with van der Waals surface area (Å²) in [4.78, 5) is 37.5. The fourth-order valence-electron chi connectivity index (χ4n) is 2.64. The molecule has 0 aromatic heterocycles. The maximum atomic E-state index is 12.8. The van der Waals surface area contributed by atoms with Gasteiger partial charge in [0.2, 0.25) is 5.91 Å². The zero-order valence-corrected chi connectivity index (χ0v) is 12.7. The van der Waals surface area contributed by atoms with Crippen molar-refractivity contribution in [2.75, 3.05) is 5.75 Å². The summed E-state index contributed by atoms with van der Waals surface area (Å²) in [7, 11) is 0. The van der Waals surface area contributed by atoms with E-state index in [1.807, 2.05) is 6.92 Å². The molecule has 1 amide bonds. The first kappa shape index (κ1) is 14.5. The second-order valence-electron chi connectivity index (χ2n) is 4.87. The fraction of sp³-hybridized carbons (Fsp3) is 0.118. The highest BCUT2D eigenvalue weighted by Crippen LogP contribution is 2.36. The molecule has 3 rings (SSSR count). The molecule has 0 saturated heterocycles. The molecule has 2 aromatic rings. The van der Waals surface area contributed by atoms with E-state index in [9.17, 15) is 14.4 Å². The Hall–Kier alpha value is -2.40. The SMILES string of the molecule is CCSc1c(C(N)=O)ccc2c1C(=O)c1ccccc1C2=O. The van der Waals surface area contributed by atoms with Crippen molar-refractivity contribution in [2.24, 2.45) is 5.73 Å². The molecule has 0 unspecified atom stereocenters. The van der Waals surface area contributed by atoms with Crippen LogP contribution in [-0.4, -0.2) is 23.2 Å². The standard InChI is InChI=1S/C17H13NO3S/c1-2-22-16-12(17(18)21)8-7-11-13(16)15(20)10-6-4-3-5-9(10)14(11)19/h3-8H,2H2,1H3,(H2,18,21). The average Bonchev–Trinajstić information content (AvgIpc) is 2.52. The van der Waals surface area contributed by atoms with Gasteiger partial charge in [0, 0.05) is 27.1 Å². The second kappa shape index (κ2) is 5.42. The van der Waals surface area contributed by atoms with Crippen molar-refractivity contribution in [1.29, 1.82) is 0 Å². The molecule has 0 spiro atoms. The van der Waals surface area contributed by atoms with Gasteiger partial charge in [0.05, 0.1) is 5.56 Å². The molecule has 1 aliphatic rings. The number of hydrogen-bond acceptors (Lipinski definition) is 4. The Bertz CT molecular complexity index is 827. The highest BCUT2D eigenvalue weighted by Gasteiger charge is 2.33. The third kappa shape index (κ3) is 2.05. The number of rotatable bonds is 3. The van der Waals surface area contributed by atoms with Gasteiger partial charge in [-0.2, -0.15) is 0 Å². The van der Waals surface area contributed by atoms with Crippen LogP contribution in [0.3, 0.4) is 0 Å². The number of hydrogen-bond donors (Lipinski definition) is 1. The molecule has 2 N–H and O–H groups in total. The summed E-state index contributed by atoms with van der Waals surface area (Å²) < 4.78 is 0. The number of nitrogens with two attached hydrogens (primary N) is 1. The average molecular weight is 311 g/mol. The summed E-state index contributed by atoms with van der Waals surface area (Å²) in [5, 5.41) is 0.